The van der Waals surface area contributed by atoms with Crippen molar-refractivity contribution >= 4 is 5.91 Å². The highest BCUT2D eigenvalue weighted by Gasteiger charge is 2.34. The molecule has 2 fully saturated rings. The summed E-state index contributed by atoms with van der Waals surface area (Å²) in [5.74, 6) is 0.965. The van der Waals surface area contributed by atoms with Crippen molar-refractivity contribution in [1.29, 1.82) is 0 Å². The molecule has 0 unspecified atom stereocenters. The smallest absolute Gasteiger partial charge is 0.237 e. The lowest BCUT2D eigenvalue weighted by Gasteiger charge is -2.20. The number of likely N-dealkylation sites (N-methyl/N-ethyl adjacent to an activating group) is 1. The van der Waals surface area contributed by atoms with Crippen LogP contribution in [0.3, 0.4) is 0 Å². The number of benzene rings is 1. The van der Waals surface area contributed by atoms with E-state index in [1.165, 1.54) is 12.8 Å². The zero-order valence-electron chi connectivity index (χ0n) is 14.7. The Morgan fingerprint density at radius 2 is 2.00 bits per heavy atom. The molecule has 3 rings (SSSR count). The minimum Gasteiger partial charge on any atom is -0.490 e. The molecule has 1 aliphatic heterocycles. The summed E-state index contributed by atoms with van der Waals surface area (Å²) in [5.41, 5.74) is 1.04. The van der Waals surface area contributed by atoms with E-state index in [-0.39, 0.29) is 18.1 Å². The molecule has 5 nitrogen and oxygen atoms in total. The van der Waals surface area contributed by atoms with E-state index in [0.717, 1.165) is 37.1 Å². The van der Waals surface area contributed by atoms with Gasteiger partial charge in [0.25, 0.3) is 0 Å². The van der Waals surface area contributed by atoms with Gasteiger partial charge in [0.1, 0.15) is 5.75 Å². The number of hydrogen-bond donors (Lipinski definition) is 1. The Bertz CT molecular complexity index is 557. The third-order valence-corrected chi connectivity index (χ3v) is 5.17. The molecular weight excluding hydrogens is 304 g/mol. The quantitative estimate of drug-likeness (QED) is 0.869. The van der Waals surface area contributed by atoms with Crippen LogP contribution in [0.15, 0.2) is 24.3 Å². The molecule has 132 valence electrons. The van der Waals surface area contributed by atoms with Gasteiger partial charge in [-0.1, -0.05) is 18.2 Å². The van der Waals surface area contributed by atoms with E-state index in [9.17, 15) is 4.79 Å². The van der Waals surface area contributed by atoms with E-state index < -0.39 is 0 Å². The van der Waals surface area contributed by atoms with Crippen molar-refractivity contribution in [3.8, 4) is 5.75 Å². The highest BCUT2D eigenvalue weighted by molar-refractivity contribution is 5.82. The first-order valence-electron chi connectivity index (χ1n) is 8.92. The van der Waals surface area contributed by atoms with Crippen LogP contribution >= 0.6 is 0 Å². The fraction of sp³-hybridized carbons (Fsp3) is 0.632. The van der Waals surface area contributed by atoms with Crippen LogP contribution in [0.1, 0.15) is 37.7 Å². The number of likely N-dealkylation sites (tertiary alicyclic amines) is 1. The van der Waals surface area contributed by atoms with Crippen molar-refractivity contribution in [3.63, 3.8) is 0 Å². The molecule has 1 aliphatic carbocycles. The van der Waals surface area contributed by atoms with Gasteiger partial charge in [-0.05, 0) is 45.2 Å². The molecule has 1 heterocycles. The van der Waals surface area contributed by atoms with Gasteiger partial charge in [0, 0.05) is 25.8 Å². The lowest BCUT2D eigenvalue weighted by molar-refractivity contribution is -0.125. The lowest BCUT2D eigenvalue weighted by atomic mass is 10.1. The van der Waals surface area contributed by atoms with Crippen molar-refractivity contribution in [1.82, 2.24) is 10.2 Å². The van der Waals surface area contributed by atoms with Gasteiger partial charge in [-0.3, -0.25) is 9.69 Å². The molecule has 24 heavy (non-hydrogen) atoms. The van der Waals surface area contributed by atoms with Gasteiger partial charge < -0.3 is 14.8 Å². The molecule has 2 aliphatic rings. The Morgan fingerprint density at radius 1 is 1.25 bits per heavy atom. The van der Waals surface area contributed by atoms with Gasteiger partial charge in [-0.25, -0.2) is 0 Å². The van der Waals surface area contributed by atoms with E-state index in [2.05, 4.69) is 10.2 Å². The Balaban J connectivity index is 1.57. The largest absolute Gasteiger partial charge is 0.490 e. The van der Waals surface area contributed by atoms with E-state index in [0.29, 0.717) is 12.6 Å². The Labute approximate surface area is 144 Å². The number of ether oxygens (including phenoxy) is 2. The summed E-state index contributed by atoms with van der Waals surface area (Å²) in [7, 11) is 3.68. The average Bonchev–Trinajstić information content (AvgIpc) is 3.23. The average molecular weight is 332 g/mol. The Kier molecular flexibility index (Phi) is 5.74. The van der Waals surface area contributed by atoms with Crippen LogP contribution in [0.4, 0.5) is 0 Å². The number of carbonyl (C=O) groups excluding carboxylic acids is 1. The number of rotatable bonds is 6. The van der Waals surface area contributed by atoms with Crippen LogP contribution < -0.4 is 10.1 Å². The van der Waals surface area contributed by atoms with Crippen LogP contribution in [0.5, 0.6) is 5.75 Å². The normalized spacial score (nSPS) is 25.1. The minimum absolute atomic E-state index is 0.0627. The van der Waals surface area contributed by atoms with Crippen LogP contribution in [-0.4, -0.2) is 49.8 Å². The fourth-order valence-electron chi connectivity index (χ4n) is 3.68. The number of amides is 1. The van der Waals surface area contributed by atoms with Gasteiger partial charge in [-0.2, -0.15) is 0 Å². The highest BCUT2D eigenvalue weighted by Crippen LogP contribution is 2.26. The summed E-state index contributed by atoms with van der Waals surface area (Å²) in [6.07, 6.45) is 5.97. The Hall–Kier alpha value is -1.59. The molecule has 0 bridgehead atoms. The van der Waals surface area contributed by atoms with Crippen molar-refractivity contribution in [2.45, 2.75) is 56.9 Å². The number of hydrogen-bond acceptors (Lipinski definition) is 4. The molecule has 2 atom stereocenters. The zero-order valence-corrected chi connectivity index (χ0v) is 14.7. The molecule has 0 aromatic heterocycles. The fourth-order valence-corrected chi connectivity index (χ4v) is 3.68. The summed E-state index contributed by atoms with van der Waals surface area (Å²) >= 11 is 0. The number of nitrogens with zero attached hydrogens (tertiary/aromatic N) is 1. The van der Waals surface area contributed by atoms with Gasteiger partial charge in [0.15, 0.2) is 0 Å². The highest BCUT2D eigenvalue weighted by atomic mass is 16.5. The van der Waals surface area contributed by atoms with Gasteiger partial charge in [0.05, 0.1) is 18.2 Å². The second-order valence-electron chi connectivity index (χ2n) is 6.90. The van der Waals surface area contributed by atoms with Gasteiger partial charge >= 0.3 is 0 Å². The van der Waals surface area contributed by atoms with Crippen molar-refractivity contribution < 1.29 is 14.3 Å². The zero-order chi connectivity index (χ0) is 16.9. The van der Waals surface area contributed by atoms with E-state index in [1.807, 2.05) is 31.3 Å². The standard InChI is InChI=1S/C19H28N2O3/c1-21-13-16(23-2)11-17(21)19(22)20-12-14-7-3-6-10-18(14)24-15-8-4-5-9-15/h3,6-7,10,15-17H,4-5,8-9,11-13H2,1-2H3,(H,20,22)/t16-,17-/m0/s1. The molecule has 1 aromatic rings. The lowest BCUT2D eigenvalue weighted by Crippen LogP contribution is -2.41. The molecule has 0 radical (unpaired) electrons. The maximum Gasteiger partial charge on any atom is 0.237 e. The molecule has 1 amide bonds. The van der Waals surface area contributed by atoms with Crippen LogP contribution in [-0.2, 0) is 16.1 Å². The monoisotopic (exact) mass is 332 g/mol. The van der Waals surface area contributed by atoms with Crippen LogP contribution in [0, 0.1) is 0 Å². The second-order valence-corrected chi connectivity index (χ2v) is 6.90. The third-order valence-electron chi connectivity index (χ3n) is 5.17. The maximum absolute atomic E-state index is 12.5. The first-order chi connectivity index (χ1) is 11.7. The molecule has 1 saturated carbocycles. The number of nitrogens with one attached hydrogen (secondary N) is 1. The summed E-state index contributed by atoms with van der Waals surface area (Å²) in [4.78, 5) is 14.6. The van der Waals surface area contributed by atoms with E-state index in [1.54, 1.807) is 7.11 Å². The van der Waals surface area contributed by atoms with Gasteiger partial charge in [0.2, 0.25) is 5.91 Å². The molecule has 1 aromatic carbocycles. The maximum atomic E-state index is 12.5. The van der Waals surface area contributed by atoms with E-state index >= 15 is 0 Å². The van der Waals surface area contributed by atoms with Crippen LogP contribution in [0.2, 0.25) is 0 Å². The van der Waals surface area contributed by atoms with E-state index in [4.69, 9.17) is 9.47 Å². The topological polar surface area (TPSA) is 50.8 Å². The number of carbonyl (C=O) groups is 1. The van der Waals surface area contributed by atoms with Crippen molar-refractivity contribution in [2.24, 2.45) is 0 Å². The minimum atomic E-state index is -0.113. The predicted octanol–water partition coefficient (Wildman–Crippen LogP) is 2.34. The summed E-state index contributed by atoms with van der Waals surface area (Å²) in [6, 6.07) is 7.90. The van der Waals surface area contributed by atoms with Crippen LogP contribution in [0.25, 0.3) is 0 Å². The third kappa shape index (κ3) is 4.08. The first kappa shape index (κ1) is 17.2. The predicted molar refractivity (Wildman–Crippen MR) is 93.0 cm³/mol. The SMILES string of the molecule is CO[C@H]1C[C@@H](C(=O)NCc2ccccc2OC2CCCC2)N(C)C1. The number of para-hydroxylation sites is 1. The van der Waals surface area contributed by atoms with Gasteiger partial charge in [-0.15, -0.1) is 0 Å². The first-order valence-corrected chi connectivity index (χ1v) is 8.92. The van der Waals surface area contributed by atoms with Crippen molar-refractivity contribution in [2.75, 3.05) is 20.7 Å². The van der Waals surface area contributed by atoms with Crippen molar-refractivity contribution in [3.05, 3.63) is 29.8 Å². The molecule has 0 spiro atoms. The summed E-state index contributed by atoms with van der Waals surface area (Å²) < 4.78 is 11.5. The summed E-state index contributed by atoms with van der Waals surface area (Å²) in [6.45, 7) is 1.31. The second kappa shape index (κ2) is 7.99. The molecule has 1 saturated heterocycles. The number of methoxy groups -OCH3 is 1. The Morgan fingerprint density at radius 3 is 2.71 bits per heavy atom. The molecular formula is C19H28N2O3. The molecule has 5 heteroatoms. The summed E-state index contributed by atoms with van der Waals surface area (Å²) in [5, 5.41) is 3.07. The molecule has 1 N–H and O–H groups in total.